The van der Waals surface area contributed by atoms with Gasteiger partial charge in [0.05, 0.1) is 17.0 Å². The highest BCUT2D eigenvalue weighted by molar-refractivity contribution is 7.99. The highest BCUT2D eigenvalue weighted by Gasteiger charge is 2.38. The van der Waals surface area contributed by atoms with Crippen molar-refractivity contribution >= 4 is 40.7 Å². The van der Waals surface area contributed by atoms with Crippen LogP contribution in [0.5, 0.6) is 0 Å². The van der Waals surface area contributed by atoms with Gasteiger partial charge in [0.1, 0.15) is 0 Å². The summed E-state index contributed by atoms with van der Waals surface area (Å²) in [6, 6.07) is 15.1. The maximum absolute atomic E-state index is 13.9. The van der Waals surface area contributed by atoms with Crippen molar-refractivity contribution in [3.05, 3.63) is 75.0 Å². The number of fused-ring (bicyclic) bond motifs is 4. The van der Waals surface area contributed by atoms with Gasteiger partial charge in [-0.05, 0) is 36.6 Å². The zero-order valence-electron chi connectivity index (χ0n) is 19.1. The van der Waals surface area contributed by atoms with Crippen LogP contribution >= 0.6 is 23.4 Å². The van der Waals surface area contributed by atoms with E-state index in [1.165, 1.54) is 21.7 Å². The summed E-state index contributed by atoms with van der Waals surface area (Å²) < 4.78 is 3.14. The molecule has 5 rings (SSSR count). The van der Waals surface area contributed by atoms with E-state index in [2.05, 4.69) is 30.3 Å². The number of rotatable bonds is 5. The predicted octanol–water partition coefficient (Wildman–Crippen LogP) is 4.70. The molecule has 0 unspecified atom stereocenters. The first-order valence-electron chi connectivity index (χ1n) is 11.1. The summed E-state index contributed by atoms with van der Waals surface area (Å²) in [5, 5.41) is 8.33. The lowest BCUT2D eigenvalue weighted by atomic mass is 9.69. The number of nitrogens with zero attached hydrogens (tertiary/aromatic N) is 4. The van der Waals surface area contributed by atoms with Gasteiger partial charge in [-0.2, -0.15) is 0 Å². The predicted molar refractivity (Wildman–Crippen MR) is 136 cm³/mol. The van der Waals surface area contributed by atoms with Gasteiger partial charge in [-0.25, -0.2) is 14.1 Å². The molecular weight excluding hydrogens is 470 g/mol. The highest BCUT2D eigenvalue weighted by Crippen LogP contribution is 2.42. The molecule has 4 aromatic rings. The number of hydrogen-bond acceptors (Lipinski definition) is 5. The Bertz CT molecular complexity index is 1490. The lowest BCUT2D eigenvalue weighted by molar-refractivity contribution is -0.113. The Balaban J connectivity index is 1.54. The van der Waals surface area contributed by atoms with Crippen LogP contribution in [0, 0.1) is 0 Å². The van der Waals surface area contributed by atoms with Crippen LogP contribution in [0.4, 0.5) is 5.69 Å². The lowest BCUT2D eigenvalue weighted by Gasteiger charge is -2.34. The van der Waals surface area contributed by atoms with Crippen molar-refractivity contribution in [1.82, 2.24) is 19.2 Å². The standard InChI is InChI=1S/C25H24ClN5O2S/c1-4-25(2)13-15-8-5-6-11-18(15)21-20(25)22(33)31-23(28-21)30(3)29-24(31)34-14-19(32)27-17-10-7-9-16(26)12-17/h5-12H,4,13-14H2,1-3H3,(H,27,32)/t25-/m0/s1. The molecule has 34 heavy (non-hydrogen) atoms. The summed E-state index contributed by atoms with van der Waals surface area (Å²) in [6.45, 7) is 4.23. The number of nitrogens with one attached hydrogen (secondary N) is 1. The van der Waals surface area contributed by atoms with Crippen LogP contribution in [0.15, 0.2) is 58.5 Å². The molecule has 1 atom stereocenters. The monoisotopic (exact) mass is 493 g/mol. The Kier molecular flexibility index (Phi) is 5.73. The topological polar surface area (TPSA) is 81.3 Å². The van der Waals surface area contributed by atoms with E-state index >= 15 is 0 Å². The Morgan fingerprint density at radius 2 is 2.03 bits per heavy atom. The molecule has 174 valence electrons. The van der Waals surface area contributed by atoms with Crippen LogP contribution in [-0.2, 0) is 23.7 Å². The van der Waals surface area contributed by atoms with E-state index in [1.54, 1.807) is 36.0 Å². The maximum Gasteiger partial charge on any atom is 0.265 e. The Hall–Kier alpha value is -3.10. The summed E-state index contributed by atoms with van der Waals surface area (Å²) in [5.41, 5.74) is 3.80. The van der Waals surface area contributed by atoms with E-state index < -0.39 is 0 Å². The first-order chi connectivity index (χ1) is 16.3. The van der Waals surface area contributed by atoms with Crippen molar-refractivity contribution in [2.45, 2.75) is 37.3 Å². The molecule has 0 spiro atoms. The molecule has 0 saturated heterocycles. The van der Waals surface area contributed by atoms with Crippen molar-refractivity contribution in [1.29, 1.82) is 0 Å². The number of aryl methyl sites for hydroxylation is 1. The quantitative estimate of drug-likeness (QED) is 0.407. The van der Waals surface area contributed by atoms with Crippen molar-refractivity contribution < 1.29 is 4.79 Å². The van der Waals surface area contributed by atoms with Gasteiger partial charge < -0.3 is 5.32 Å². The second-order valence-corrected chi connectivity index (χ2v) is 10.2. The number of halogens is 1. The van der Waals surface area contributed by atoms with Crippen LogP contribution in [0.25, 0.3) is 17.0 Å². The van der Waals surface area contributed by atoms with E-state index in [0.717, 1.165) is 24.1 Å². The average molecular weight is 494 g/mol. The summed E-state index contributed by atoms with van der Waals surface area (Å²) in [7, 11) is 1.76. The molecule has 1 aliphatic carbocycles. The molecule has 9 heteroatoms. The van der Waals surface area contributed by atoms with Crippen molar-refractivity contribution in [3.8, 4) is 11.3 Å². The molecule has 1 aliphatic rings. The Morgan fingerprint density at radius 3 is 2.79 bits per heavy atom. The zero-order chi connectivity index (χ0) is 24.0. The molecule has 1 amide bonds. The largest absolute Gasteiger partial charge is 0.325 e. The molecular formula is C25H24ClN5O2S. The molecule has 0 bridgehead atoms. The van der Waals surface area contributed by atoms with Crippen molar-refractivity contribution in [3.63, 3.8) is 0 Å². The minimum Gasteiger partial charge on any atom is -0.325 e. The molecule has 1 N–H and O–H groups in total. The molecule has 0 radical (unpaired) electrons. The fourth-order valence-electron chi connectivity index (χ4n) is 4.56. The van der Waals surface area contributed by atoms with E-state index in [0.29, 0.717) is 27.2 Å². The number of aromatic nitrogens is 4. The van der Waals surface area contributed by atoms with Gasteiger partial charge in [0, 0.05) is 28.7 Å². The number of carbonyl (C=O) groups is 1. The van der Waals surface area contributed by atoms with Gasteiger partial charge in [0.2, 0.25) is 11.7 Å². The van der Waals surface area contributed by atoms with Gasteiger partial charge in [-0.3, -0.25) is 9.59 Å². The normalized spacial score (nSPS) is 16.8. The average Bonchev–Trinajstić information content (AvgIpc) is 3.13. The number of carbonyl (C=O) groups excluding carboxylic acids is 1. The van der Waals surface area contributed by atoms with Gasteiger partial charge in [0.25, 0.3) is 5.56 Å². The molecule has 2 aromatic carbocycles. The first-order valence-corrected chi connectivity index (χ1v) is 12.4. The third-order valence-electron chi connectivity index (χ3n) is 6.46. The Labute approximate surface area is 206 Å². The van der Waals surface area contributed by atoms with Crippen LogP contribution in [0.1, 0.15) is 31.4 Å². The minimum atomic E-state index is -0.337. The number of thioether (sulfide) groups is 1. The number of benzene rings is 2. The second-order valence-electron chi connectivity index (χ2n) is 8.78. The summed E-state index contributed by atoms with van der Waals surface area (Å²) >= 11 is 7.20. The van der Waals surface area contributed by atoms with Crippen LogP contribution in [0.3, 0.4) is 0 Å². The van der Waals surface area contributed by atoms with E-state index in [9.17, 15) is 9.59 Å². The molecule has 7 nitrogen and oxygen atoms in total. The summed E-state index contributed by atoms with van der Waals surface area (Å²) in [4.78, 5) is 31.4. The summed E-state index contributed by atoms with van der Waals surface area (Å²) in [5.74, 6) is 0.338. The molecule has 2 heterocycles. The highest BCUT2D eigenvalue weighted by atomic mass is 35.5. The van der Waals surface area contributed by atoms with Crippen molar-refractivity contribution in [2.24, 2.45) is 7.05 Å². The molecule has 0 saturated carbocycles. The van der Waals surface area contributed by atoms with Crippen LogP contribution in [0.2, 0.25) is 5.02 Å². The summed E-state index contributed by atoms with van der Waals surface area (Å²) in [6.07, 6.45) is 1.59. The Morgan fingerprint density at radius 1 is 1.24 bits per heavy atom. The number of amides is 1. The fourth-order valence-corrected chi connectivity index (χ4v) is 5.56. The fraction of sp³-hybridized carbons (Fsp3) is 0.280. The molecule has 0 aliphatic heterocycles. The SMILES string of the molecule is CC[C@@]1(C)Cc2ccccc2-c2nc3n(C)nc(SCC(=O)Nc4cccc(Cl)c4)n3c(=O)c21. The smallest absolute Gasteiger partial charge is 0.265 e. The first kappa shape index (κ1) is 22.7. The van der Waals surface area contributed by atoms with Crippen LogP contribution in [-0.4, -0.2) is 30.8 Å². The number of anilines is 1. The third kappa shape index (κ3) is 3.80. The minimum absolute atomic E-state index is 0.0933. The second kappa shape index (κ2) is 8.60. The molecule has 0 fully saturated rings. The van der Waals surface area contributed by atoms with Gasteiger partial charge in [-0.1, -0.05) is 67.5 Å². The zero-order valence-corrected chi connectivity index (χ0v) is 20.7. The van der Waals surface area contributed by atoms with Gasteiger partial charge in [-0.15, -0.1) is 5.10 Å². The van der Waals surface area contributed by atoms with Gasteiger partial charge in [0.15, 0.2) is 5.16 Å². The van der Waals surface area contributed by atoms with Gasteiger partial charge >= 0.3 is 0 Å². The maximum atomic E-state index is 13.9. The third-order valence-corrected chi connectivity index (χ3v) is 7.62. The van der Waals surface area contributed by atoms with Crippen molar-refractivity contribution in [2.75, 3.05) is 11.1 Å². The molecule has 2 aromatic heterocycles. The number of hydrogen-bond donors (Lipinski definition) is 1. The lowest BCUT2D eigenvalue weighted by Crippen LogP contribution is -2.37. The van der Waals surface area contributed by atoms with Crippen LogP contribution < -0.4 is 10.9 Å². The van der Waals surface area contributed by atoms with E-state index in [4.69, 9.17) is 16.6 Å². The van der Waals surface area contributed by atoms with E-state index in [-0.39, 0.29) is 22.6 Å². The van der Waals surface area contributed by atoms with E-state index in [1.807, 2.05) is 18.2 Å².